The minimum atomic E-state index is -0.199. The fourth-order valence-electron chi connectivity index (χ4n) is 2.32. The van der Waals surface area contributed by atoms with E-state index in [1.807, 2.05) is 32.2 Å². The summed E-state index contributed by atoms with van der Waals surface area (Å²) in [6, 6.07) is 6.94. The third-order valence-electron chi connectivity index (χ3n) is 3.34. The first kappa shape index (κ1) is 13.7. The van der Waals surface area contributed by atoms with Crippen molar-refractivity contribution in [1.29, 1.82) is 0 Å². The van der Waals surface area contributed by atoms with Gasteiger partial charge in [0, 0.05) is 12.4 Å². The van der Waals surface area contributed by atoms with Gasteiger partial charge < -0.3 is 5.32 Å². The summed E-state index contributed by atoms with van der Waals surface area (Å²) in [6.07, 6.45) is 3.62. The number of hydrogen-bond donors (Lipinski definition) is 1. The Morgan fingerprint density at radius 2 is 1.95 bits per heavy atom. The second kappa shape index (κ2) is 5.93. The lowest BCUT2D eigenvalue weighted by Gasteiger charge is -2.22. The van der Waals surface area contributed by atoms with Gasteiger partial charge in [-0.25, -0.2) is 4.39 Å². The summed E-state index contributed by atoms with van der Waals surface area (Å²) in [4.78, 5) is 4.12. The third kappa shape index (κ3) is 2.99. The number of pyridine rings is 1. The van der Waals surface area contributed by atoms with E-state index in [-0.39, 0.29) is 11.9 Å². The van der Waals surface area contributed by atoms with Crippen molar-refractivity contribution in [2.45, 2.75) is 26.8 Å². The average Bonchev–Trinajstić information content (AvgIpc) is 2.40. The largest absolute Gasteiger partial charge is 0.307 e. The lowest BCUT2D eigenvalue weighted by Crippen LogP contribution is -2.23. The zero-order valence-corrected chi connectivity index (χ0v) is 11.6. The van der Waals surface area contributed by atoms with Crippen LogP contribution in [-0.2, 0) is 0 Å². The van der Waals surface area contributed by atoms with Crippen molar-refractivity contribution >= 4 is 0 Å². The van der Waals surface area contributed by atoms with Crippen molar-refractivity contribution < 1.29 is 4.39 Å². The minimum Gasteiger partial charge on any atom is -0.307 e. The Balaban J connectivity index is 2.51. The van der Waals surface area contributed by atoms with Crippen molar-refractivity contribution in [3.05, 3.63) is 64.7 Å². The molecule has 0 bridgehead atoms. The molecule has 1 N–H and O–H groups in total. The first-order valence-electron chi connectivity index (χ1n) is 6.53. The van der Waals surface area contributed by atoms with Crippen molar-refractivity contribution in [3.8, 4) is 0 Å². The molecule has 0 aliphatic rings. The maximum atomic E-state index is 13.5. The molecule has 1 atom stereocenters. The molecule has 2 nitrogen and oxygen atoms in total. The van der Waals surface area contributed by atoms with Gasteiger partial charge in [-0.2, -0.15) is 0 Å². The lowest BCUT2D eigenvalue weighted by atomic mass is 9.93. The molecule has 0 radical (unpaired) electrons. The molecule has 1 aromatic carbocycles. The third-order valence-corrected chi connectivity index (χ3v) is 3.34. The van der Waals surface area contributed by atoms with Gasteiger partial charge in [-0.3, -0.25) is 4.98 Å². The van der Waals surface area contributed by atoms with Crippen LogP contribution >= 0.6 is 0 Å². The van der Waals surface area contributed by atoms with Gasteiger partial charge in [0.2, 0.25) is 0 Å². The number of nitrogens with zero attached hydrogens (tertiary/aromatic N) is 1. The minimum absolute atomic E-state index is 0.00343. The molecule has 1 aromatic heterocycles. The number of hydrogen-bond acceptors (Lipinski definition) is 2. The standard InChI is InChI=1S/C16H19FN2/c1-4-19-16(14-7-8-18-10-12(14)3)15-9-13(17)6-5-11(15)2/h5-10,16,19H,4H2,1-3H3. The second-order valence-corrected chi connectivity index (χ2v) is 4.72. The highest BCUT2D eigenvalue weighted by Crippen LogP contribution is 2.27. The molecule has 0 aliphatic heterocycles. The van der Waals surface area contributed by atoms with Crippen LogP contribution in [0, 0.1) is 19.7 Å². The van der Waals surface area contributed by atoms with Crippen LogP contribution in [0.15, 0.2) is 36.7 Å². The summed E-state index contributed by atoms with van der Waals surface area (Å²) in [5.74, 6) is -0.199. The first-order valence-corrected chi connectivity index (χ1v) is 6.53. The molecule has 0 saturated carbocycles. The molecule has 3 heteroatoms. The summed E-state index contributed by atoms with van der Waals surface area (Å²) < 4.78 is 13.5. The van der Waals surface area contributed by atoms with E-state index in [4.69, 9.17) is 0 Å². The van der Waals surface area contributed by atoms with Crippen LogP contribution in [0.25, 0.3) is 0 Å². The highest BCUT2D eigenvalue weighted by molar-refractivity contribution is 5.39. The van der Waals surface area contributed by atoms with Crippen molar-refractivity contribution in [2.75, 3.05) is 6.54 Å². The second-order valence-electron chi connectivity index (χ2n) is 4.72. The van der Waals surface area contributed by atoms with Gasteiger partial charge in [0.1, 0.15) is 5.82 Å². The maximum Gasteiger partial charge on any atom is 0.123 e. The zero-order chi connectivity index (χ0) is 13.8. The van der Waals surface area contributed by atoms with Gasteiger partial charge in [0.15, 0.2) is 0 Å². The van der Waals surface area contributed by atoms with Crippen LogP contribution in [0.4, 0.5) is 4.39 Å². The van der Waals surface area contributed by atoms with E-state index in [2.05, 4.69) is 17.2 Å². The summed E-state index contributed by atoms with van der Waals surface area (Å²) in [7, 11) is 0. The SMILES string of the molecule is CCNC(c1ccncc1C)c1cc(F)ccc1C. The van der Waals surface area contributed by atoms with E-state index < -0.39 is 0 Å². The zero-order valence-electron chi connectivity index (χ0n) is 11.6. The van der Waals surface area contributed by atoms with Crippen LogP contribution in [0.2, 0.25) is 0 Å². The maximum absolute atomic E-state index is 13.5. The molecule has 2 rings (SSSR count). The number of aromatic nitrogens is 1. The quantitative estimate of drug-likeness (QED) is 0.907. The van der Waals surface area contributed by atoms with Gasteiger partial charge >= 0.3 is 0 Å². The summed E-state index contributed by atoms with van der Waals surface area (Å²) in [5.41, 5.74) is 4.32. The molecule has 2 aromatic rings. The van der Waals surface area contributed by atoms with Gasteiger partial charge in [0.05, 0.1) is 6.04 Å². The number of halogens is 1. The van der Waals surface area contributed by atoms with E-state index >= 15 is 0 Å². The monoisotopic (exact) mass is 258 g/mol. The van der Waals surface area contributed by atoms with E-state index in [9.17, 15) is 4.39 Å². The summed E-state index contributed by atoms with van der Waals surface area (Å²) in [5, 5.41) is 3.43. The molecule has 0 amide bonds. The van der Waals surface area contributed by atoms with E-state index in [1.54, 1.807) is 12.3 Å². The highest BCUT2D eigenvalue weighted by Gasteiger charge is 2.17. The molecule has 19 heavy (non-hydrogen) atoms. The Bertz CT molecular complexity index is 566. The molecule has 100 valence electrons. The fourth-order valence-corrected chi connectivity index (χ4v) is 2.32. The van der Waals surface area contributed by atoms with Gasteiger partial charge in [-0.05, 0) is 60.8 Å². The number of benzene rings is 1. The average molecular weight is 258 g/mol. The first-order chi connectivity index (χ1) is 9.13. The van der Waals surface area contributed by atoms with Crippen molar-refractivity contribution in [3.63, 3.8) is 0 Å². The molecule has 0 fully saturated rings. The molecule has 0 aliphatic carbocycles. The Morgan fingerprint density at radius 3 is 2.63 bits per heavy atom. The van der Waals surface area contributed by atoms with Crippen LogP contribution in [0.1, 0.15) is 35.2 Å². The normalized spacial score (nSPS) is 12.4. The van der Waals surface area contributed by atoms with Gasteiger partial charge in [0.25, 0.3) is 0 Å². The Morgan fingerprint density at radius 1 is 1.16 bits per heavy atom. The van der Waals surface area contributed by atoms with E-state index in [1.165, 1.54) is 6.07 Å². The van der Waals surface area contributed by atoms with Gasteiger partial charge in [-0.1, -0.05) is 13.0 Å². The Hall–Kier alpha value is -1.74. The fraction of sp³-hybridized carbons (Fsp3) is 0.312. The van der Waals surface area contributed by atoms with Crippen molar-refractivity contribution in [2.24, 2.45) is 0 Å². The summed E-state index contributed by atoms with van der Waals surface area (Å²) in [6.45, 7) is 6.91. The predicted octanol–water partition coefficient (Wildman–Crippen LogP) is 3.54. The number of rotatable bonds is 4. The van der Waals surface area contributed by atoms with Crippen LogP contribution in [0.3, 0.4) is 0 Å². The van der Waals surface area contributed by atoms with Gasteiger partial charge in [-0.15, -0.1) is 0 Å². The van der Waals surface area contributed by atoms with Crippen LogP contribution in [-0.4, -0.2) is 11.5 Å². The molecular weight excluding hydrogens is 239 g/mol. The topological polar surface area (TPSA) is 24.9 Å². The number of aryl methyl sites for hydroxylation is 2. The Kier molecular flexibility index (Phi) is 4.27. The molecule has 1 unspecified atom stereocenters. The molecule has 1 heterocycles. The number of nitrogens with one attached hydrogen (secondary N) is 1. The lowest BCUT2D eigenvalue weighted by molar-refractivity contribution is 0.599. The molecule has 0 spiro atoms. The molecule has 0 saturated heterocycles. The van der Waals surface area contributed by atoms with E-state index in [0.717, 1.165) is 28.8 Å². The predicted molar refractivity (Wildman–Crippen MR) is 75.6 cm³/mol. The summed E-state index contributed by atoms with van der Waals surface area (Å²) >= 11 is 0. The van der Waals surface area contributed by atoms with Crippen LogP contribution < -0.4 is 5.32 Å². The van der Waals surface area contributed by atoms with E-state index in [0.29, 0.717) is 0 Å². The smallest absolute Gasteiger partial charge is 0.123 e. The van der Waals surface area contributed by atoms with Crippen molar-refractivity contribution in [1.82, 2.24) is 10.3 Å². The van der Waals surface area contributed by atoms with Crippen LogP contribution in [0.5, 0.6) is 0 Å². The Labute approximate surface area is 113 Å². The highest BCUT2D eigenvalue weighted by atomic mass is 19.1. The molecular formula is C16H19FN2.